The van der Waals surface area contributed by atoms with Crippen molar-refractivity contribution in [1.29, 1.82) is 0 Å². The van der Waals surface area contributed by atoms with Gasteiger partial charge in [0.2, 0.25) is 10.0 Å². The third-order valence-electron chi connectivity index (χ3n) is 6.71. The summed E-state index contributed by atoms with van der Waals surface area (Å²) in [5, 5.41) is 1.03. The third kappa shape index (κ3) is 7.36. The number of rotatable bonds is 10. The van der Waals surface area contributed by atoms with Crippen LogP contribution in [0, 0.1) is 0 Å². The van der Waals surface area contributed by atoms with Crippen molar-refractivity contribution in [1.82, 2.24) is 13.9 Å². The van der Waals surface area contributed by atoms with Crippen molar-refractivity contribution >= 4 is 38.5 Å². The number of carbonyl (C=O) groups is 1. The SMILES string of the molecule is Cn1c(=O)n(CCCC[C@@H](NS(=O)(=O)c2ccc(-c3ccc(Cl)cc3)cc2)C(=O)OC(C)(C)C)c(=O)c2ccccc21. The zero-order valence-electron chi connectivity index (χ0n) is 24.0. The molecular formula is C31H34ClN3O6S. The monoisotopic (exact) mass is 611 g/mol. The molecule has 0 amide bonds. The van der Waals surface area contributed by atoms with E-state index >= 15 is 0 Å². The van der Waals surface area contributed by atoms with Crippen molar-refractivity contribution in [2.45, 2.75) is 63.1 Å². The van der Waals surface area contributed by atoms with Crippen LogP contribution in [0.15, 0.2) is 87.3 Å². The minimum absolute atomic E-state index is 0.0000141. The van der Waals surface area contributed by atoms with E-state index < -0.39 is 33.3 Å². The Bertz CT molecular complexity index is 1810. The average Bonchev–Trinajstić information content (AvgIpc) is 2.94. The summed E-state index contributed by atoms with van der Waals surface area (Å²) >= 11 is 5.96. The molecule has 0 aliphatic carbocycles. The van der Waals surface area contributed by atoms with Crippen molar-refractivity contribution in [3.63, 3.8) is 0 Å². The molecule has 0 aliphatic rings. The van der Waals surface area contributed by atoms with Crippen molar-refractivity contribution < 1.29 is 17.9 Å². The molecule has 1 atom stereocenters. The van der Waals surface area contributed by atoms with Crippen LogP contribution in [0.5, 0.6) is 0 Å². The van der Waals surface area contributed by atoms with E-state index in [0.717, 1.165) is 15.7 Å². The number of ether oxygens (including phenoxy) is 1. The van der Waals surface area contributed by atoms with E-state index in [1.807, 2.05) is 12.1 Å². The first kappa shape index (κ1) is 31.2. The summed E-state index contributed by atoms with van der Waals surface area (Å²) in [7, 11) is -2.47. The summed E-state index contributed by atoms with van der Waals surface area (Å²) in [6, 6.07) is 19.2. The predicted octanol–water partition coefficient (Wildman–Crippen LogP) is 4.88. The predicted molar refractivity (Wildman–Crippen MR) is 164 cm³/mol. The van der Waals surface area contributed by atoms with E-state index in [4.69, 9.17) is 16.3 Å². The number of unbranched alkanes of at least 4 members (excludes halogenated alkanes) is 1. The lowest BCUT2D eigenvalue weighted by Crippen LogP contribution is -2.44. The van der Waals surface area contributed by atoms with Gasteiger partial charge < -0.3 is 4.74 Å². The normalized spacial score (nSPS) is 12.8. The number of esters is 1. The highest BCUT2D eigenvalue weighted by Crippen LogP contribution is 2.23. The van der Waals surface area contributed by atoms with Gasteiger partial charge in [-0.1, -0.05) is 48.0 Å². The van der Waals surface area contributed by atoms with Gasteiger partial charge in [-0.25, -0.2) is 13.2 Å². The van der Waals surface area contributed by atoms with Crippen LogP contribution in [0.2, 0.25) is 5.02 Å². The molecule has 0 unspecified atom stereocenters. The van der Waals surface area contributed by atoms with Gasteiger partial charge >= 0.3 is 11.7 Å². The number of benzene rings is 3. The topological polar surface area (TPSA) is 116 Å². The number of hydrogen-bond donors (Lipinski definition) is 1. The fourth-order valence-electron chi connectivity index (χ4n) is 4.60. The molecule has 222 valence electrons. The molecule has 0 fully saturated rings. The smallest absolute Gasteiger partial charge is 0.331 e. The van der Waals surface area contributed by atoms with Gasteiger partial charge in [0.15, 0.2) is 0 Å². The van der Waals surface area contributed by atoms with Gasteiger partial charge in [-0.2, -0.15) is 4.72 Å². The minimum atomic E-state index is -4.08. The van der Waals surface area contributed by atoms with E-state index in [9.17, 15) is 22.8 Å². The van der Waals surface area contributed by atoms with Gasteiger partial charge in [0.1, 0.15) is 11.6 Å². The number of carbonyl (C=O) groups excluding carboxylic acids is 1. The molecule has 42 heavy (non-hydrogen) atoms. The van der Waals surface area contributed by atoms with E-state index in [1.165, 1.54) is 16.7 Å². The molecule has 0 spiro atoms. The molecule has 1 heterocycles. The van der Waals surface area contributed by atoms with Gasteiger partial charge in [0.25, 0.3) is 5.56 Å². The number of sulfonamides is 1. The number of halogens is 1. The van der Waals surface area contributed by atoms with Crippen molar-refractivity contribution in [3.8, 4) is 11.1 Å². The molecule has 9 nitrogen and oxygen atoms in total. The van der Waals surface area contributed by atoms with Crippen LogP contribution in [0.1, 0.15) is 40.0 Å². The highest BCUT2D eigenvalue weighted by molar-refractivity contribution is 7.89. The molecule has 1 aromatic heterocycles. The molecule has 4 rings (SSSR count). The second kappa shape index (κ2) is 12.6. The maximum Gasteiger partial charge on any atom is 0.331 e. The maximum atomic E-state index is 13.3. The summed E-state index contributed by atoms with van der Waals surface area (Å²) in [4.78, 5) is 38.8. The largest absolute Gasteiger partial charge is 0.459 e. The quantitative estimate of drug-likeness (QED) is 0.202. The van der Waals surface area contributed by atoms with Crippen molar-refractivity contribution in [2.75, 3.05) is 0 Å². The Morgan fingerprint density at radius 1 is 0.929 bits per heavy atom. The van der Waals surface area contributed by atoms with Gasteiger partial charge in [0.05, 0.1) is 15.8 Å². The number of para-hydroxylation sites is 1. The second-order valence-corrected chi connectivity index (χ2v) is 13.2. The standard InChI is InChI=1S/C31H34ClN3O6S/c1-31(2,3)41-29(37)26(10-7-8-20-35-28(36)25-9-5-6-11-27(25)34(4)30(35)38)33-42(39,40)24-18-14-22(15-19-24)21-12-16-23(32)17-13-21/h5-6,9,11-19,26,33H,7-8,10,20H2,1-4H3/t26-/m1/s1. The molecule has 11 heteroatoms. The Morgan fingerprint density at radius 2 is 1.52 bits per heavy atom. The number of hydrogen-bond acceptors (Lipinski definition) is 6. The number of nitrogens with one attached hydrogen (secondary N) is 1. The second-order valence-electron chi connectivity index (χ2n) is 11.0. The van der Waals surface area contributed by atoms with E-state index in [1.54, 1.807) is 76.3 Å². The van der Waals surface area contributed by atoms with Gasteiger partial charge in [-0.3, -0.25) is 18.7 Å². The average molecular weight is 612 g/mol. The molecule has 0 saturated carbocycles. The first-order chi connectivity index (χ1) is 19.8. The van der Waals surface area contributed by atoms with E-state index in [0.29, 0.717) is 28.8 Å². The fraction of sp³-hybridized carbons (Fsp3) is 0.323. The van der Waals surface area contributed by atoms with Crippen LogP contribution in [0.25, 0.3) is 22.0 Å². The molecule has 0 saturated heterocycles. The summed E-state index contributed by atoms with van der Waals surface area (Å²) < 4.78 is 37.2. The Kier molecular flexibility index (Phi) is 9.40. The van der Waals surface area contributed by atoms with Crippen molar-refractivity contribution in [3.05, 3.63) is 98.7 Å². The lowest BCUT2D eigenvalue weighted by molar-refractivity contribution is -0.157. The zero-order chi connectivity index (χ0) is 30.7. The maximum absolute atomic E-state index is 13.3. The molecule has 4 aromatic rings. The van der Waals surface area contributed by atoms with Gasteiger partial charge in [-0.15, -0.1) is 0 Å². The molecule has 0 radical (unpaired) electrons. The minimum Gasteiger partial charge on any atom is -0.459 e. The van der Waals surface area contributed by atoms with Crippen LogP contribution in [-0.2, 0) is 33.1 Å². The van der Waals surface area contributed by atoms with Crippen LogP contribution < -0.4 is 16.0 Å². The highest BCUT2D eigenvalue weighted by atomic mass is 35.5. The van der Waals surface area contributed by atoms with Gasteiger partial charge in [0, 0.05) is 18.6 Å². The Hall–Kier alpha value is -3.73. The third-order valence-corrected chi connectivity index (χ3v) is 8.45. The first-order valence-electron chi connectivity index (χ1n) is 13.6. The number of aryl methyl sites for hydroxylation is 1. The summed E-state index contributed by atoms with van der Waals surface area (Å²) in [6.45, 7) is 5.23. The molecule has 3 aromatic carbocycles. The summed E-state index contributed by atoms with van der Waals surface area (Å²) in [5.41, 5.74) is 0.577. The highest BCUT2D eigenvalue weighted by Gasteiger charge is 2.29. The Balaban J connectivity index is 1.49. The van der Waals surface area contributed by atoms with Gasteiger partial charge in [-0.05, 0) is 87.6 Å². The number of aromatic nitrogens is 2. The lowest BCUT2D eigenvalue weighted by atomic mass is 10.1. The first-order valence-corrected chi connectivity index (χ1v) is 15.4. The lowest BCUT2D eigenvalue weighted by Gasteiger charge is -2.24. The molecule has 0 bridgehead atoms. The molecule has 1 N–H and O–H groups in total. The Labute approximate surface area is 249 Å². The Morgan fingerprint density at radius 3 is 2.14 bits per heavy atom. The van der Waals surface area contributed by atoms with Crippen LogP contribution in [0.4, 0.5) is 0 Å². The van der Waals surface area contributed by atoms with Crippen LogP contribution >= 0.6 is 11.6 Å². The van der Waals surface area contributed by atoms with E-state index in [-0.39, 0.29) is 23.4 Å². The zero-order valence-corrected chi connectivity index (χ0v) is 25.5. The van der Waals surface area contributed by atoms with Crippen LogP contribution in [-0.4, -0.2) is 35.2 Å². The van der Waals surface area contributed by atoms with Crippen molar-refractivity contribution in [2.24, 2.45) is 7.05 Å². The number of fused-ring (bicyclic) bond motifs is 1. The summed E-state index contributed by atoms with van der Waals surface area (Å²) in [6.07, 6.45) is 0.828. The number of nitrogens with zero attached hydrogens (tertiary/aromatic N) is 2. The van der Waals surface area contributed by atoms with Crippen LogP contribution in [0.3, 0.4) is 0 Å². The summed E-state index contributed by atoms with van der Waals surface area (Å²) in [5.74, 6) is -0.706. The molecule has 0 aliphatic heterocycles. The fourth-order valence-corrected chi connectivity index (χ4v) is 5.95. The van der Waals surface area contributed by atoms with E-state index in [2.05, 4.69) is 4.72 Å². The molecular weight excluding hydrogens is 578 g/mol.